The van der Waals surface area contributed by atoms with Crippen LogP contribution < -0.4 is 0 Å². The summed E-state index contributed by atoms with van der Waals surface area (Å²) >= 11 is 0. The van der Waals surface area contributed by atoms with Crippen molar-refractivity contribution in [3.63, 3.8) is 0 Å². The van der Waals surface area contributed by atoms with Gasteiger partial charge in [-0.2, -0.15) is 4.89 Å². The van der Waals surface area contributed by atoms with Gasteiger partial charge in [0.05, 0.1) is 17.8 Å². The topological polar surface area (TPSA) is 44.8 Å². The molecule has 0 bridgehead atoms. The molecule has 0 aromatic heterocycles. The summed E-state index contributed by atoms with van der Waals surface area (Å²) in [7, 11) is 1.64. The second kappa shape index (κ2) is 6.68. The summed E-state index contributed by atoms with van der Waals surface area (Å²) in [6.07, 6.45) is 0.642. The monoisotopic (exact) mass is 266 g/mol. The van der Waals surface area contributed by atoms with Gasteiger partial charge in [-0.25, -0.2) is 4.79 Å². The fourth-order valence-electron chi connectivity index (χ4n) is 1.50. The summed E-state index contributed by atoms with van der Waals surface area (Å²) in [4.78, 5) is 21.6. The third kappa shape index (κ3) is 4.65. The van der Waals surface area contributed by atoms with Gasteiger partial charge in [0.1, 0.15) is 0 Å². The Bertz CT molecular complexity index is 438. The highest BCUT2D eigenvalue weighted by atomic mass is 17.2. The molecular formula is C15H22O4. The summed E-state index contributed by atoms with van der Waals surface area (Å²) in [5.74, 6) is -0.462. The van der Waals surface area contributed by atoms with Crippen molar-refractivity contribution in [2.75, 3.05) is 13.7 Å². The van der Waals surface area contributed by atoms with Gasteiger partial charge in [-0.05, 0) is 44.9 Å². The van der Waals surface area contributed by atoms with E-state index in [1.807, 2.05) is 39.8 Å². The SMILES string of the molecule is COC(C)(C)CCOOC(=O)c1cccc(C)c1C. The fourth-order valence-corrected chi connectivity index (χ4v) is 1.50. The van der Waals surface area contributed by atoms with Crippen LogP contribution in [0.15, 0.2) is 18.2 Å². The molecular weight excluding hydrogens is 244 g/mol. The molecule has 0 unspecified atom stereocenters. The van der Waals surface area contributed by atoms with Crippen LogP contribution in [0.4, 0.5) is 0 Å². The lowest BCUT2D eigenvalue weighted by atomic mass is 10.0. The molecule has 106 valence electrons. The maximum absolute atomic E-state index is 11.8. The van der Waals surface area contributed by atoms with Crippen LogP contribution in [0.2, 0.25) is 0 Å². The lowest BCUT2D eigenvalue weighted by molar-refractivity contribution is -0.247. The Labute approximate surface area is 114 Å². The number of carbonyl (C=O) groups is 1. The normalized spacial score (nSPS) is 11.4. The van der Waals surface area contributed by atoms with Gasteiger partial charge in [0.15, 0.2) is 0 Å². The number of methoxy groups -OCH3 is 1. The van der Waals surface area contributed by atoms with Gasteiger partial charge in [0.25, 0.3) is 0 Å². The maximum atomic E-state index is 11.8. The molecule has 0 N–H and O–H groups in total. The Morgan fingerprint density at radius 2 is 1.95 bits per heavy atom. The predicted octanol–water partition coefficient (Wildman–Crippen LogP) is 3.21. The molecule has 0 radical (unpaired) electrons. The molecule has 1 aromatic carbocycles. The van der Waals surface area contributed by atoms with E-state index in [4.69, 9.17) is 14.5 Å². The number of aryl methyl sites for hydroxylation is 1. The van der Waals surface area contributed by atoms with Crippen molar-refractivity contribution in [2.24, 2.45) is 0 Å². The van der Waals surface area contributed by atoms with E-state index >= 15 is 0 Å². The molecule has 4 nitrogen and oxygen atoms in total. The van der Waals surface area contributed by atoms with Crippen LogP contribution >= 0.6 is 0 Å². The van der Waals surface area contributed by atoms with Gasteiger partial charge in [-0.3, -0.25) is 4.89 Å². The number of hydrogen-bond acceptors (Lipinski definition) is 4. The Morgan fingerprint density at radius 3 is 2.58 bits per heavy atom. The first-order valence-electron chi connectivity index (χ1n) is 6.32. The van der Waals surface area contributed by atoms with Crippen molar-refractivity contribution in [2.45, 2.75) is 39.7 Å². The molecule has 0 amide bonds. The highest BCUT2D eigenvalue weighted by Crippen LogP contribution is 2.15. The highest BCUT2D eigenvalue weighted by Gasteiger charge is 2.17. The fraction of sp³-hybridized carbons (Fsp3) is 0.533. The first-order valence-corrected chi connectivity index (χ1v) is 6.32. The molecule has 19 heavy (non-hydrogen) atoms. The van der Waals surface area contributed by atoms with Gasteiger partial charge < -0.3 is 4.74 Å². The van der Waals surface area contributed by atoms with E-state index < -0.39 is 5.97 Å². The van der Waals surface area contributed by atoms with Crippen molar-refractivity contribution >= 4 is 5.97 Å². The van der Waals surface area contributed by atoms with Crippen LogP contribution in [0, 0.1) is 13.8 Å². The second-order valence-corrected chi connectivity index (χ2v) is 5.15. The van der Waals surface area contributed by atoms with Crippen molar-refractivity contribution in [1.29, 1.82) is 0 Å². The minimum absolute atomic E-state index is 0.286. The van der Waals surface area contributed by atoms with Crippen LogP contribution in [-0.4, -0.2) is 25.3 Å². The van der Waals surface area contributed by atoms with Crippen LogP contribution in [0.1, 0.15) is 41.8 Å². The minimum atomic E-state index is -0.462. The molecule has 1 aromatic rings. The number of carbonyl (C=O) groups excluding carboxylic acids is 1. The zero-order chi connectivity index (χ0) is 14.5. The zero-order valence-electron chi connectivity index (χ0n) is 12.3. The van der Waals surface area contributed by atoms with Crippen LogP contribution in [0.3, 0.4) is 0 Å². The summed E-state index contributed by atoms with van der Waals surface area (Å²) in [5, 5.41) is 0. The first kappa shape index (κ1) is 15.7. The third-order valence-corrected chi connectivity index (χ3v) is 3.30. The van der Waals surface area contributed by atoms with Gasteiger partial charge in [-0.1, -0.05) is 12.1 Å². The molecule has 0 atom stereocenters. The van der Waals surface area contributed by atoms with E-state index in [0.717, 1.165) is 11.1 Å². The molecule has 0 spiro atoms. The van der Waals surface area contributed by atoms with E-state index in [1.54, 1.807) is 13.2 Å². The number of rotatable bonds is 6. The standard InChI is InChI=1S/C15H22O4/c1-11-7-6-8-13(12(11)2)14(16)19-18-10-9-15(3,4)17-5/h6-8H,9-10H2,1-5H3. The maximum Gasteiger partial charge on any atom is 0.373 e. The molecule has 0 fully saturated rings. The number of hydrogen-bond donors (Lipinski definition) is 0. The van der Waals surface area contributed by atoms with Gasteiger partial charge in [0, 0.05) is 13.5 Å². The minimum Gasteiger partial charge on any atom is -0.379 e. The first-order chi connectivity index (χ1) is 8.87. The van der Waals surface area contributed by atoms with Gasteiger partial charge in [-0.15, -0.1) is 0 Å². The molecule has 4 heteroatoms. The lowest BCUT2D eigenvalue weighted by Gasteiger charge is -2.21. The summed E-state index contributed by atoms with van der Waals surface area (Å²) in [6.45, 7) is 8.04. The van der Waals surface area contributed by atoms with Crippen molar-refractivity contribution in [1.82, 2.24) is 0 Å². The summed E-state index contributed by atoms with van der Waals surface area (Å²) in [6, 6.07) is 5.51. The summed E-state index contributed by atoms with van der Waals surface area (Å²) in [5.41, 5.74) is 2.21. The van der Waals surface area contributed by atoms with Gasteiger partial charge in [0.2, 0.25) is 0 Å². The van der Waals surface area contributed by atoms with Crippen molar-refractivity contribution in [3.8, 4) is 0 Å². The molecule has 0 aliphatic carbocycles. The Balaban J connectivity index is 2.46. The zero-order valence-corrected chi connectivity index (χ0v) is 12.3. The molecule has 0 aliphatic rings. The van der Waals surface area contributed by atoms with Gasteiger partial charge >= 0.3 is 5.97 Å². The molecule has 0 aliphatic heterocycles. The van der Waals surface area contributed by atoms with Crippen LogP contribution in [0.25, 0.3) is 0 Å². The number of benzene rings is 1. The smallest absolute Gasteiger partial charge is 0.373 e. The molecule has 0 heterocycles. The van der Waals surface area contributed by atoms with Crippen LogP contribution in [-0.2, 0) is 14.5 Å². The van der Waals surface area contributed by atoms with Crippen molar-refractivity contribution < 1.29 is 19.3 Å². The quantitative estimate of drug-likeness (QED) is 0.450. The second-order valence-electron chi connectivity index (χ2n) is 5.15. The average molecular weight is 266 g/mol. The number of ether oxygens (including phenoxy) is 1. The van der Waals surface area contributed by atoms with E-state index in [-0.39, 0.29) is 5.60 Å². The van der Waals surface area contributed by atoms with E-state index in [0.29, 0.717) is 18.6 Å². The molecule has 0 saturated heterocycles. The molecule has 1 rings (SSSR count). The van der Waals surface area contributed by atoms with E-state index in [1.165, 1.54) is 0 Å². The third-order valence-electron chi connectivity index (χ3n) is 3.30. The Kier molecular flexibility index (Phi) is 5.51. The van der Waals surface area contributed by atoms with E-state index in [2.05, 4.69) is 0 Å². The Hall–Kier alpha value is -1.39. The molecule has 0 saturated carbocycles. The largest absolute Gasteiger partial charge is 0.379 e. The average Bonchev–Trinajstić information content (AvgIpc) is 2.37. The predicted molar refractivity (Wildman–Crippen MR) is 73.0 cm³/mol. The Morgan fingerprint density at radius 1 is 1.26 bits per heavy atom. The van der Waals surface area contributed by atoms with Crippen molar-refractivity contribution in [3.05, 3.63) is 34.9 Å². The van der Waals surface area contributed by atoms with E-state index in [9.17, 15) is 4.79 Å². The highest BCUT2D eigenvalue weighted by molar-refractivity contribution is 5.90. The lowest BCUT2D eigenvalue weighted by Crippen LogP contribution is -2.24. The van der Waals surface area contributed by atoms with Crippen LogP contribution in [0.5, 0.6) is 0 Å². The summed E-state index contributed by atoms with van der Waals surface area (Å²) < 4.78 is 5.24.